The van der Waals surface area contributed by atoms with E-state index in [0.717, 1.165) is 30.3 Å². The maximum absolute atomic E-state index is 12.8. The molecule has 0 bridgehead atoms. The summed E-state index contributed by atoms with van der Waals surface area (Å²) < 4.78 is 39.9. The van der Waals surface area contributed by atoms with Gasteiger partial charge in [0.1, 0.15) is 0 Å². The number of fused-ring (bicyclic) bond motifs is 1. The zero-order valence-corrected chi connectivity index (χ0v) is 11.7. The standard InChI is InChI=1S/C11H10ClF3N4S/c12-7-3-6(11(13,14)15)4-19-9(7)17-18-10(19)8-5-20-2-1-16-8/h3-4,8,16H,1-2,5H2. The highest BCUT2D eigenvalue weighted by Gasteiger charge is 2.33. The topological polar surface area (TPSA) is 42.2 Å². The number of aromatic nitrogens is 3. The van der Waals surface area contributed by atoms with Crippen molar-refractivity contribution in [1.29, 1.82) is 0 Å². The van der Waals surface area contributed by atoms with Crippen LogP contribution in [-0.2, 0) is 6.18 Å². The van der Waals surface area contributed by atoms with Crippen molar-refractivity contribution in [2.45, 2.75) is 12.2 Å². The van der Waals surface area contributed by atoms with Gasteiger partial charge in [-0.05, 0) is 6.07 Å². The van der Waals surface area contributed by atoms with Crippen LogP contribution < -0.4 is 5.32 Å². The smallest absolute Gasteiger partial charge is 0.306 e. The van der Waals surface area contributed by atoms with Crippen molar-refractivity contribution in [2.24, 2.45) is 0 Å². The lowest BCUT2D eigenvalue weighted by molar-refractivity contribution is -0.137. The minimum atomic E-state index is -4.45. The molecule has 2 aromatic heterocycles. The summed E-state index contributed by atoms with van der Waals surface area (Å²) in [6.07, 6.45) is -3.45. The van der Waals surface area contributed by atoms with Crippen LogP contribution in [-0.4, -0.2) is 32.6 Å². The number of alkyl halides is 3. The molecule has 1 aliphatic heterocycles. The highest BCUT2D eigenvalue weighted by Crippen LogP contribution is 2.33. The SMILES string of the molecule is FC(F)(F)c1cc(Cl)c2nnc(C3CSCCN3)n2c1. The molecule has 0 aromatic carbocycles. The van der Waals surface area contributed by atoms with Crippen LogP contribution in [0.3, 0.4) is 0 Å². The summed E-state index contributed by atoms with van der Waals surface area (Å²) in [7, 11) is 0. The Morgan fingerprint density at radius 2 is 2.20 bits per heavy atom. The third kappa shape index (κ3) is 2.47. The maximum Gasteiger partial charge on any atom is 0.417 e. The minimum absolute atomic E-state index is 0.0537. The second-order valence-electron chi connectivity index (χ2n) is 4.41. The Hall–Kier alpha value is -0.990. The fraction of sp³-hybridized carbons (Fsp3) is 0.455. The van der Waals surface area contributed by atoms with E-state index >= 15 is 0 Å². The summed E-state index contributed by atoms with van der Waals surface area (Å²) in [4.78, 5) is 0. The molecule has 3 heterocycles. The van der Waals surface area contributed by atoms with Gasteiger partial charge in [-0.1, -0.05) is 11.6 Å². The first-order chi connectivity index (χ1) is 9.47. The number of hydrogen-bond acceptors (Lipinski definition) is 4. The minimum Gasteiger partial charge on any atom is -0.306 e. The normalized spacial score (nSPS) is 20.5. The van der Waals surface area contributed by atoms with E-state index in [1.54, 1.807) is 11.8 Å². The number of hydrogen-bond donors (Lipinski definition) is 1. The van der Waals surface area contributed by atoms with Crippen molar-refractivity contribution in [1.82, 2.24) is 19.9 Å². The first-order valence-corrected chi connectivity index (χ1v) is 7.42. The van der Waals surface area contributed by atoms with Crippen molar-refractivity contribution in [3.8, 4) is 0 Å². The fourth-order valence-corrected chi connectivity index (χ4v) is 3.27. The van der Waals surface area contributed by atoms with E-state index < -0.39 is 11.7 Å². The van der Waals surface area contributed by atoms with Gasteiger partial charge in [-0.3, -0.25) is 4.40 Å². The zero-order valence-electron chi connectivity index (χ0n) is 10.1. The van der Waals surface area contributed by atoms with Crippen LogP contribution in [0.2, 0.25) is 5.02 Å². The second-order valence-corrected chi connectivity index (χ2v) is 5.96. The van der Waals surface area contributed by atoms with Crippen molar-refractivity contribution < 1.29 is 13.2 Å². The van der Waals surface area contributed by atoms with Gasteiger partial charge in [0, 0.05) is 24.2 Å². The van der Waals surface area contributed by atoms with Gasteiger partial charge < -0.3 is 5.32 Å². The first kappa shape index (κ1) is 14.0. The lowest BCUT2D eigenvalue weighted by atomic mass is 10.2. The van der Waals surface area contributed by atoms with E-state index in [2.05, 4.69) is 15.5 Å². The number of pyridine rings is 1. The first-order valence-electron chi connectivity index (χ1n) is 5.89. The summed E-state index contributed by atoms with van der Waals surface area (Å²) in [6.45, 7) is 0.789. The number of nitrogens with one attached hydrogen (secondary N) is 1. The molecule has 1 atom stereocenters. The summed E-state index contributed by atoms with van der Waals surface area (Å²) >= 11 is 7.60. The van der Waals surface area contributed by atoms with Gasteiger partial charge >= 0.3 is 6.18 Å². The molecule has 2 aromatic rings. The van der Waals surface area contributed by atoms with E-state index in [1.165, 1.54) is 4.40 Å². The van der Waals surface area contributed by atoms with Crippen molar-refractivity contribution in [2.75, 3.05) is 18.1 Å². The van der Waals surface area contributed by atoms with Crippen LogP contribution in [0, 0.1) is 0 Å². The molecule has 1 aliphatic rings. The number of rotatable bonds is 1. The highest BCUT2D eigenvalue weighted by atomic mass is 35.5. The molecule has 3 rings (SSSR count). The van der Waals surface area contributed by atoms with Crippen LogP contribution in [0.4, 0.5) is 13.2 Å². The lowest BCUT2D eigenvalue weighted by Crippen LogP contribution is -2.31. The second kappa shape index (κ2) is 5.09. The Morgan fingerprint density at radius 1 is 1.40 bits per heavy atom. The number of nitrogens with zero attached hydrogens (tertiary/aromatic N) is 3. The fourth-order valence-electron chi connectivity index (χ4n) is 2.09. The van der Waals surface area contributed by atoms with Gasteiger partial charge in [0.05, 0.1) is 16.6 Å². The summed E-state index contributed by atoms with van der Waals surface area (Å²) in [6, 6.07) is 0.751. The van der Waals surface area contributed by atoms with Gasteiger partial charge in [0.25, 0.3) is 0 Å². The van der Waals surface area contributed by atoms with E-state index in [0.29, 0.717) is 5.82 Å². The molecule has 1 unspecified atom stereocenters. The quantitative estimate of drug-likeness (QED) is 0.876. The molecular weight excluding hydrogens is 313 g/mol. The van der Waals surface area contributed by atoms with Crippen molar-refractivity contribution in [3.05, 3.63) is 28.7 Å². The Kier molecular flexibility index (Phi) is 3.55. The van der Waals surface area contributed by atoms with Crippen LogP contribution in [0.5, 0.6) is 0 Å². The highest BCUT2D eigenvalue weighted by molar-refractivity contribution is 7.99. The van der Waals surface area contributed by atoms with Crippen LogP contribution in [0.1, 0.15) is 17.4 Å². The summed E-state index contributed by atoms with van der Waals surface area (Å²) in [5, 5.41) is 11.0. The average Bonchev–Trinajstić information content (AvgIpc) is 2.83. The van der Waals surface area contributed by atoms with Gasteiger partial charge in [0.2, 0.25) is 0 Å². The van der Waals surface area contributed by atoms with E-state index in [1.807, 2.05) is 0 Å². The monoisotopic (exact) mass is 322 g/mol. The molecule has 0 saturated carbocycles. The molecule has 4 nitrogen and oxygen atoms in total. The molecule has 20 heavy (non-hydrogen) atoms. The largest absolute Gasteiger partial charge is 0.417 e. The molecule has 0 spiro atoms. The number of halogens is 4. The molecule has 1 N–H and O–H groups in total. The molecule has 108 valence electrons. The van der Waals surface area contributed by atoms with Crippen molar-refractivity contribution >= 4 is 29.0 Å². The molecule has 9 heteroatoms. The third-order valence-electron chi connectivity index (χ3n) is 3.05. The zero-order chi connectivity index (χ0) is 14.3. The maximum atomic E-state index is 12.8. The molecular formula is C11H10ClF3N4S. The van der Waals surface area contributed by atoms with Crippen molar-refractivity contribution in [3.63, 3.8) is 0 Å². The lowest BCUT2D eigenvalue weighted by Gasteiger charge is -2.21. The molecule has 0 aliphatic carbocycles. The van der Waals surface area contributed by atoms with Gasteiger partial charge in [-0.15, -0.1) is 10.2 Å². The van der Waals surface area contributed by atoms with Crippen LogP contribution in [0.15, 0.2) is 12.3 Å². The van der Waals surface area contributed by atoms with Gasteiger partial charge in [-0.2, -0.15) is 24.9 Å². The Labute approximate surface area is 121 Å². The van der Waals surface area contributed by atoms with Gasteiger partial charge in [-0.25, -0.2) is 0 Å². The molecule has 0 radical (unpaired) electrons. The van der Waals surface area contributed by atoms with Crippen LogP contribution >= 0.6 is 23.4 Å². The van der Waals surface area contributed by atoms with E-state index in [9.17, 15) is 13.2 Å². The molecule has 0 amide bonds. The molecule has 1 saturated heterocycles. The molecule has 1 fully saturated rings. The van der Waals surface area contributed by atoms with Gasteiger partial charge in [0.15, 0.2) is 11.5 Å². The Balaban J connectivity index is 2.12. The van der Waals surface area contributed by atoms with E-state index in [4.69, 9.17) is 11.6 Å². The Bertz CT molecular complexity index is 636. The van der Waals surface area contributed by atoms with Crippen LogP contribution in [0.25, 0.3) is 5.65 Å². The average molecular weight is 323 g/mol. The predicted molar refractivity (Wildman–Crippen MR) is 71.1 cm³/mol. The summed E-state index contributed by atoms with van der Waals surface area (Å²) in [5.74, 6) is 2.18. The Morgan fingerprint density at radius 3 is 2.85 bits per heavy atom. The predicted octanol–water partition coefficient (Wildman–Crippen LogP) is 2.78. The summed E-state index contributed by atoms with van der Waals surface area (Å²) in [5.41, 5.74) is -0.563. The number of thioether (sulfide) groups is 1. The van der Waals surface area contributed by atoms with E-state index in [-0.39, 0.29) is 16.7 Å². The third-order valence-corrected chi connectivity index (χ3v) is 4.39.